The average Bonchev–Trinajstić information content (AvgIpc) is 2.84. The summed E-state index contributed by atoms with van der Waals surface area (Å²) in [7, 11) is 1.66. The minimum absolute atomic E-state index is 0.147. The molecule has 0 bridgehead atoms. The Morgan fingerprint density at radius 1 is 0.903 bits per heavy atom. The van der Waals surface area contributed by atoms with Crippen molar-refractivity contribution in [1.82, 2.24) is 5.32 Å². The first-order valence-corrected chi connectivity index (χ1v) is 10.5. The summed E-state index contributed by atoms with van der Waals surface area (Å²) in [6, 6.07) is 24.9. The van der Waals surface area contributed by atoms with Gasteiger partial charge in [0, 0.05) is 25.2 Å². The minimum Gasteiger partial charge on any atom is -0.497 e. The van der Waals surface area contributed by atoms with Crippen LogP contribution in [0.25, 0.3) is 0 Å². The van der Waals surface area contributed by atoms with Gasteiger partial charge in [-0.3, -0.25) is 4.79 Å². The Hall–Kier alpha value is -3.31. The van der Waals surface area contributed by atoms with Gasteiger partial charge in [0.05, 0.1) is 12.7 Å². The van der Waals surface area contributed by atoms with E-state index in [0.29, 0.717) is 36.8 Å². The highest BCUT2D eigenvalue weighted by atomic mass is 16.5. The summed E-state index contributed by atoms with van der Waals surface area (Å²) in [6.45, 7) is 1.88. The average molecular weight is 418 g/mol. The van der Waals surface area contributed by atoms with Crippen molar-refractivity contribution >= 4 is 5.91 Å². The van der Waals surface area contributed by atoms with E-state index in [1.54, 1.807) is 13.2 Å². The van der Waals surface area contributed by atoms with Gasteiger partial charge in [0.1, 0.15) is 17.2 Å². The standard InChI is InChI=1S/C26H27NO4/c1-29-21-13-11-20(12-14-21)26(15-17-30-18-16-26)19-27-25(28)23-9-5-6-10-24(23)31-22-7-3-2-4-8-22/h2-14H,15-19H2,1H3,(H,27,28). The van der Waals surface area contributed by atoms with Gasteiger partial charge in [-0.1, -0.05) is 42.5 Å². The summed E-state index contributed by atoms with van der Waals surface area (Å²) < 4.78 is 16.9. The van der Waals surface area contributed by atoms with Crippen LogP contribution in [0.4, 0.5) is 0 Å². The van der Waals surface area contributed by atoms with Gasteiger partial charge in [0.15, 0.2) is 0 Å². The lowest BCUT2D eigenvalue weighted by atomic mass is 9.74. The highest BCUT2D eigenvalue weighted by Gasteiger charge is 2.35. The summed E-state index contributed by atoms with van der Waals surface area (Å²) in [6.07, 6.45) is 1.70. The third-order valence-electron chi connectivity index (χ3n) is 5.84. The quantitative estimate of drug-likeness (QED) is 0.590. The molecule has 0 aliphatic carbocycles. The third-order valence-corrected chi connectivity index (χ3v) is 5.84. The van der Waals surface area contributed by atoms with Crippen LogP contribution in [0.5, 0.6) is 17.2 Å². The molecule has 1 heterocycles. The van der Waals surface area contributed by atoms with Gasteiger partial charge in [0.25, 0.3) is 5.91 Å². The summed E-state index contributed by atoms with van der Waals surface area (Å²) in [5, 5.41) is 3.16. The first-order valence-electron chi connectivity index (χ1n) is 10.5. The van der Waals surface area contributed by atoms with E-state index in [4.69, 9.17) is 14.2 Å². The van der Waals surface area contributed by atoms with Gasteiger partial charge in [-0.05, 0) is 54.8 Å². The van der Waals surface area contributed by atoms with Crippen molar-refractivity contribution in [2.75, 3.05) is 26.9 Å². The van der Waals surface area contributed by atoms with E-state index in [2.05, 4.69) is 17.4 Å². The highest BCUT2D eigenvalue weighted by Crippen LogP contribution is 2.35. The summed E-state index contributed by atoms with van der Waals surface area (Å²) >= 11 is 0. The van der Waals surface area contributed by atoms with E-state index in [-0.39, 0.29) is 11.3 Å². The number of hydrogen-bond donors (Lipinski definition) is 1. The molecule has 160 valence electrons. The van der Waals surface area contributed by atoms with Gasteiger partial charge in [0.2, 0.25) is 0 Å². The van der Waals surface area contributed by atoms with E-state index in [1.165, 1.54) is 5.56 Å². The summed E-state index contributed by atoms with van der Waals surface area (Å²) in [5.41, 5.74) is 1.53. The van der Waals surface area contributed by atoms with Crippen LogP contribution in [0.3, 0.4) is 0 Å². The Morgan fingerprint density at radius 2 is 1.58 bits per heavy atom. The van der Waals surface area contributed by atoms with Crippen LogP contribution in [0.2, 0.25) is 0 Å². The molecule has 1 amide bonds. The SMILES string of the molecule is COc1ccc(C2(CNC(=O)c3ccccc3Oc3ccccc3)CCOCC2)cc1. The van der Waals surface area contributed by atoms with Gasteiger partial charge in [-0.15, -0.1) is 0 Å². The minimum atomic E-state index is -0.171. The van der Waals surface area contributed by atoms with Crippen LogP contribution in [0.1, 0.15) is 28.8 Å². The molecule has 4 rings (SSSR count). The number of carbonyl (C=O) groups excluding carboxylic acids is 1. The van der Waals surface area contributed by atoms with Crippen LogP contribution in [0.15, 0.2) is 78.9 Å². The van der Waals surface area contributed by atoms with E-state index >= 15 is 0 Å². The molecule has 5 nitrogen and oxygen atoms in total. The fourth-order valence-electron chi connectivity index (χ4n) is 3.98. The molecule has 3 aromatic carbocycles. The Labute approximate surface area is 183 Å². The number of hydrogen-bond acceptors (Lipinski definition) is 4. The zero-order valence-electron chi connectivity index (χ0n) is 17.7. The second kappa shape index (κ2) is 9.67. The Bertz CT molecular complexity index is 995. The maximum Gasteiger partial charge on any atom is 0.255 e. The molecule has 1 aliphatic rings. The molecule has 31 heavy (non-hydrogen) atoms. The van der Waals surface area contributed by atoms with Crippen molar-refractivity contribution in [2.45, 2.75) is 18.3 Å². The molecule has 1 saturated heterocycles. The lowest BCUT2D eigenvalue weighted by Crippen LogP contribution is -2.44. The van der Waals surface area contributed by atoms with Crippen molar-refractivity contribution < 1.29 is 19.0 Å². The summed E-state index contributed by atoms with van der Waals surface area (Å²) in [4.78, 5) is 13.1. The highest BCUT2D eigenvalue weighted by molar-refractivity contribution is 5.97. The maximum atomic E-state index is 13.1. The second-order valence-corrected chi connectivity index (χ2v) is 7.72. The normalized spacial score (nSPS) is 15.1. The first-order chi connectivity index (χ1) is 15.2. The lowest BCUT2D eigenvalue weighted by Gasteiger charge is -2.38. The van der Waals surface area contributed by atoms with Crippen molar-refractivity contribution in [2.24, 2.45) is 0 Å². The van der Waals surface area contributed by atoms with Gasteiger partial charge in [-0.2, -0.15) is 0 Å². The lowest BCUT2D eigenvalue weighted by molar-refractivity contribution is 0.0487. The molecule has 1 fully saturated rings. The van der Waals surface area contributed by atoms with Crippen molar-refractivity contribution in [1.29, 1.82) is 0 Å². The molecule has 0 saturated carbocycles. The monoisotopic (exact) mass is 417 g/mol. The number of amides is 1. The molecule has 0 aromatic heterocycles. The van der Waals surface area contributed by atoms with Crippen LogP contribution >= 0.6 is 0 Å². The molecule has 0 atom stereocenters. The Kier molecular flexibility index (Phi) is 6.53. The first kappa shape index (κ1) is 20.9. The zero-order chi connectivity index (χ0) is 21.5. The molecule has 3 aromatic rings. The molecule has 0 unspecified atom stereocenters. The number of methoxy groups -OCH3 is 1. The number of nitrogens with one attached hydrogen (secondary N) is 1. The predicted octanol–water partition coefficient (Wildman–Crippen LogP) is 4.97. The van der Waals surface area contributed by atoms with Crippen LogP contribution in [-0.2, 0) is 10.2 Å². The van der Waals surface area contributed by atoms with Crippen LogP contribution in [-0.4, -0.2) is 32.8 Å². The number of para-hydroxylation sites is 2. The number of benzene rings is 3. The smallest absolute Gasteiger partial charge is 0.255 e. The largest absolute Gasteiger partial charge is 0.497 e. The molecule has 0 radical (unpaired) electrons. The van der Waals surface area contributed by atoms with Gasteiger partial charge >= 0.3 is 0 Å². The van der Waals surface area contributed by atoms with E-state index in [0.717, 1.165) is 18.6 Å². The fraction of sp³-hybridized carbons (Fsp3) is 0.269. The number of carbonyl (C=O) groups is 1. The van der Waals surface area contributed by atoms with Gasteiger partial charge in [-0.25, -0.2) is 0 Å². The van der Waals surface area contributed by atoms with Crippen molar-refractivity contribution in [3.05, 3.63) is 90.0 Å². The predicted molar refractivity (Wildman–Crippen MR) is 120 cm³/mol. The van der Waals surface area contributed by atoms with Crippen LogP contribution in [0, 0.1) is 0 Å². The van der Waals surface area contributed by atoms with Crippen molar-refractivity contribution in [3.8, 4) is 17.2 Å². The van der Waals surface area contributed by atoms with E-state index in [9.17, 15) is 4.79 Å². The third kappa shape index (κ3) is 4.89. The van der Waals surface area contributed by atoms with E-state index in [1.807, 2.05) is 60.7 Å². The topological polar surface area (TPSA) is 56.8 Å². The number of rotatable bonds is 7. The molecule has 0 spiro atoms. The molecular formula is C26H27NO4. The summed E-state index contributed by atoms with van der Waals surface area (Å²) in [5.74, 6) is 1.91. The molecule has 5 heteroatoms. The zero-order valence-corrected chi connectivity index (χ0v) is 17.7. The second-order valence-electron chi connectivity index (χ2n) is 7.72. The molecule has 1 N–H and O–H groups in total. The Balaban J connectivity index is 1.52. The molecule has 1 aliphatic heterocycles. The van der Waals surface area contributed by atoms with E-state index < -0.39 is 0 Å². The maximum absolute atomic E-state index is 13.1. The fourth-order valence-corrected chi connectivity index (χ4v) is 3.98. The van der Waals surface area contributed by atoms with Crippen molar-refractivity contribution in [3.63, 3.8) is 0 Å². The van der Waals surface area contributed by atoms with Crippen LogP contribution < -0.4 is 14.8 Å². The molecular weight excluding hydrogens is 390 g/mol. The Morgan fingerprint density at radius 3 is 2.29 bits per heavy atom. The number of ether oxygens (including phenoxy) is 3. The van der Waals surface area contributed by atoms with Gasteiger partial charge < -0.3 is 19.5 Å².